The maximum absolute atomic E-state index is 12.2. The summed E-state index contributed by atoms with van der Waals surface area (Å²) in [6.07, 6.45) is -1.99. The van der Waals surface area contributed by atoms with E-state index in [1.54, 1.807) is 19.1 Å². The van der Waals surface area contributed by atoms with Crippen LogP contribution in [0, 0.1) is 12.8 Å². The molecule has 0 atom stereocenters. The Morgan fingerprint density at radius 3 is 2.65 bits per heavy atom. The molecular weight excluding hydrogens is 333 g/mol. The van der Waals surface area contributed by atoms with Gasteiger partial charge in [-0.1, -0.05) is 6.07 Å². The molecule has 0 aromatic heterocycles. The highest BCUT2D eigenvalue weighted by atomic mass is 35.5. The fourth-order valence-corrected chi connectivity index (χ4v) is 1.97. The van der Waals surface area contributed by atoms with Crippen molar-refractivity contribution in [2.75, 3.05) is 25.0 Å². The first-order chi connectivity index (χ1) is 10.3. The number of carbonyl (C=O) groups excluding carboxylic acids is 1. The number of hydrogen-bond acceptors (Lipinski definition) is 3. The normalized spacial score (nSPS) is 14.1. The van der Waals surface area contributed by atoms with Crippen LogP contribution in [0.2, 0.25) is 0 Å². The minimum Gasteiger partial charge on any atom is -0.484 e. The van der Waals surface area contributed by atoms with Crippen molar-refractivity contribution in [3.05, 3.63) is 23.8 Å². The first-order valence-corrected chi connectivity index (χ1v) is 7.15. The standard InChI is InChI=1S/C15H19F3N2O2.ClH/c1-10-12(20-14(21)8-19-7-11-5-6-11)3-2-4-13(10)22-9-15(16,17)18;/h2-4,11,19H,5-9H2,1H3,(H,20,21);1H. The lowest BCUT2D eigenvalue weighted by molar-refractivity contribution is -0.153. The molecule has 0 aliphatic heterocycles. The molecule has 130 valence electrons. The Kier molecular flexibility index (Phi) is 7.15. The van der Waals surface area contributed by atoms with Gasteiger partial charge in [0.05, 0.1) is 6.54 Å². The van der Waals surface area contributed by atoms with Crippen molar-refractivity contribution in [1.82, 2.24) is 5.32 Å². The van der Waals surface area contributed by atoms with Crippen molar-refractivity contribution < 1.29 is 22.7 Å². The van der Waals surface area contributed by atoms with Crippen molar-refractivity contribution >= 4 is 24.0 Å². The third-order valence-electron chi connectivity index (χ3n) is 3.37. The molecule has 23 heavy (non-hydrogen) atoms. The number of anilines is 1. The molecule has 1 aliphatic carbocycles. The summed E-state index contributed by atoms with van der Waals surface area (Å²) in [4.78, 5) is 11.8. The quantitative estimate of drug-likeness (QED) is 0.791. The van der Waals surface area contributed by atoms with E-state index in [1.165, 1.54) is 18.9 Å². The predicted molar refractivity (Wildman–Crippen MR) is 84.2 cm³/mol. The molecule has 0 bridgehead atoms. The highest BCUT2D eigenvalue weighted by Crippen LogP contribution is 2.28. The molecular formula is C15H20ClF3N2O2. The summed E-state index contributed by atoms with van der Waals surface area (Å²) in [5.41, 5.74) is 0.931. The number of carbonyl (C=O) groups is 1. The van der Waals surface area contributed by atoms with Crippen molar-refractivity contribution in [3.8, 4) is 5.75 Å². The van der Waals surface area contributed by atoms with Gasteiger partial charge in [0.1, 0.15) is 5.75 Å². The van der Waals surface area contributed by atoms with Crippen molar-refractivity contribution in [2.24, 2.45) is 5.92 Å². The van der Waals surface area contributed by atoms with Crippen molar-refractivity contribution in [2.45, 2.75) is 25.9 Å². The average Bonchev–Trinajstić information content (AvgIpc) is 3.23. The lowest BCUT2D eigenvalue weighted by Gasteiger charge is -2.14. The fourth-order valence-electron chi connectivity index (χ4n) is 1.97. The molecule has 8 heteroatoms. The first kappa shape index (κ1) is 19.6. The molecule has 0 radical (unpaired) electrons. The number of amides is 1. The average molecular weight is 353 g/mol. The maximum Gasteiger partial charge on any atom is 0.422 e. The Morgan fingerprint density at radius 1 is 1.35 bits per heavy atom. The van der Waals surface area contributed by atoms with Crippen LogP contribution in [0.3, 0.4) is 0 Å². The maximum atomic E-state index is 12.2. The largest absolute Gasteiger partial charge is 0.484 e. The van der Waals surface area contributed by atoms with Gasteiger partial charge >= 0.3 is 6.18 Å². The molecule has 0 unspecified atom stereocenters. The summed E-state index contributed by atoms with van der Waals surface area (Å²) in [7, 11) is 0. The van der Waals surface area contributed by atoms with E-state index in [4.69, 9.17) is 4.74 Å². The van der Waals surface area contributed by atoms with Crippen LogP contribution in [0.15, 0.2) is 18.2 Å². The minimum absolute atomic E-state index is 0. The van der Waals surface area contributed by atoms with Crippen LogP contribution in [-0.2, 0) is 4.79 Å². The first-order valence-electron chi connectivity index (χ1n) is 7.15. The second-order valence-corrected chi connectivity index (χ2v) is 5.46. The van der Waals surface area contributed by atoms with Crippen molar-refractivity contribution in [3.63, 3.8) is 0 Å². The molecule has 1 amide bonds. The van der Waals surface area contributed by atoms with Crippen LogP contribution in [0.25, 0.3) is 0 Å². The molecule has 1 aromatic rings. The molecule has 2 rings (SSSR count). The van der Waals surface area contributed by atoms with E-state index in [0.717, 1.165) is 6.54 Å². The third-order valence-corrected chi connectivity index (χ3v) is 3.37. The van der Waals surface area contributed by atoms with E-state index >= 15 is 0 Å². The van der Waals surface area contributed by atoms with Gasteiger partial charge in [0.2, 0.25) is 5.91 Å². The Morgan fingerprint density at radius 2 is 2.04 bits per heavy atom. The van der Waals surface area contributed by atoms with Crippen LogP contribution in [0.1, 0.15) is 18.4 Å². The van der Waals surface area contributed by atoms with E-state index in [1.807, 2.05) is 0 Å². The van der Waals surface area contributed by atoms with Gasteiger partial charge in [-0.05, 0) is 44.4 Å². The van der Waals surface area contributed by atoms with Gasteiger partial charge in [-0.15, -0.1) is 12.4 Å². The zero-order valence-corrected chi connectivity index (χ0v) is 13.5. The smallest absolute Gasteiger partial charge is 0.422 e. The van der Waals surface area contributed by atoms with E-state index in [9.17, 15) is 18.0 Å². The highest BCUT2D eigenvalue weighted by molar-refractivity contribution is 5.93. The van der Waals surface area contributed by atoms with Gasteiger partial charge < -0.3 is 15.4 Å². The number of hydrogen-bond donors (Lipinski definition) is 2. The number of halogens is 4. The topological polar surface area (TPSA) is 50.4 Å². The lowest BCUT2D eigenvalue weighted by Crippen LogP contribution is -2.29. The number of nitrogens with one attached hydrogen (secondary N) is 2. The number of benzene rings is 1. The molecule has 1 aliphatic rings. The molecule has 1 aromatic carbocycles. The van der Waals surface area contributed by atoms with E-state index in [-0.39, 0.29) is 30.6 Å². The van der Waals surface area contributed by atoms with E-state index in [2.05, 4.69) is 10.6 Å². The summed E-state index contributed by atoms with van der Waals surface area (Å²) < 4.78 is 41.3. The van der Waals surface area contributed by atoms with E-state index in [0.29, 0.717) is 17.2 Å². The second-order valence-electron chi connectivity index (χ2n) is 5.46. The van der Waals surface area contributed by atoms with E-state index < -0.39 is 12.8 Å². The molecule has 4 nitrogen and oxygen atoms in total. The Hall–Kier alpha value is -1.47. The molecule has 0 saturated heterocycles. The third kappa shape index (κ3) is 7.09. The summed E-state index contributed by atoms with van der Waals surface area (Å²) in [5, 5.41) is 5.73. The predicted octanol–water partition coefficient (Wildman–Crippen LogP) is 3.30. The summed E-state index contributed by atoms with van der Waals surface area (Å²) in [6.45, 7) is 1.26. The molecule has 0 spiro atoms. The molecule has 0 heterocycles. The van der Waals surface area contributed by atoms with Gasteiger partial charge in [-0.2, -0.15) is 13.2 Å². The van der Waals surface area contributed by atoms with Crippen molar-refractivity contribution in [1.29, 1.82) is 0 Å². The molecule has 1 saturated carbocycles. The fraction of sp³-hybridized carbons (Fsp3) is 0.533. The number of rotatable bonds is 7. The minimum atomic E-state index is -4.39. The van der Waals surface area contributed by atoms with Crippen LogP contribution in [-0.4, -0.2) is 31.8 Å². The summed E-state index contributed by atoms with van der Waals surface area (Å²) >= 11 is 0. The van der Waals surface area contributed by atoms with Gasteiger partial charge in [-0.25, -0.2) is 0 Å². The Balaban J connectivity index is 0.00000264. The van der Waals surface area contributed by atoms with Crippen LogP contribution < -0.4 is 15.4 Å². The van der Waals surface area contributed by atoms with Gasteiger partial charge in [0.25, 0.3) is 0 Å². The van der Waals surface area contributed by atoms with Gasteiger partial charge in [0, 0.05) is 11.3 Å². The Labute approximate surface area is 139 Å². The zero-order valence-electron chi connectivity index (χ0n) is 12.7. The van der Waals surface area contributed by atoms with Crippen LogP contribution in [0.4, 0.5) is 18.9 Å². The van der Waals surface area contributed by atoms with Crippen LogP contribution in [0.5, 0.6) is 5.75 Å². The van der Waals surface area contributed by atoms with Crippen LogP contribution >= 0.6 is 12.4 Å². The number of ether oxygens (including phenoxy) is 1. The number of alkyl halides is 3. The second kappa shape index (κ2) is 8.40. The highest BCUT2D eigenvalue weighted by Gasteiger charge is 2.28. The van der Waals surface area contributed by atoms with Gasteiger partial charge in [-0.3, -0.25) is 4.79 Å². The summed E-state index contributed by atoms with van der Waals surface area (Å²) in [5.74, 6) is 0.561. The molecule has 1 fully saturated rings. The lowest BCUT2D eigenvalue weighted by atomic mass is 10.2. The molecule has 2 N–H and O–H groups in total. The SMILES string of the molecule is Cc1c(NC(=O)CNCC2CC2)cccc1OCC(F)(F)F.Cl. The monoisotopic (exact) mass is 352 g/mol. The summed E-state index contributed by atoms with van der Waals surface area (Å²) in [6, 6.07) is 4.63. The van der Waals surface area contributed by atoms with Gasteiger partial charge in [0.15, 0.2) is 6.61 Å². The zero-order chi connectivity index (χ0) is 16.2. The Bertz CT molecular complexity index is 534.